The van der Waals surface area contributed by atoms with E-state index in [1.54, 1.807) is 6.20 Å². The van der Waals surface area contributed by atoms with Crippen molar-refractivity contribution in [1.29, 1.82) is 0 Å². The third-order valence-electron chi connectivity index (χ3n) is 4.05. The maximum atomic E-state index is 12.2. The summed E-state index contributed by atoms with van der Waals surface area (Å²) in [5.74, 6) is -0.0431. The maximum absolute atomic E-state index is 12.2. The molecule has 1 aromatic heterocycles. The molecule has 0 radical (unpaired) electrons. The van der Waals surface area contributed by atoms with E-state index in [2.05, 4.69) is 22.5 Å². The molecule has 3 aromatic rings. The number of amides is 1. The first-order chi connectivity index (χ1) is 12.1. The summed E-state index contributed by atoms with van der Waals surface area (Å²) in [6.45, 7) is 0.607. The van der Waals surface area contributed by atoms with Gasteiger partial charge in [-0.2, -0.15) is 5.10 Å². The minimum Gasteiger partial charge on any atom is -0.378 e. The number of hydrogen-bond donors (Lipinski definition) is 1. The van der Waals surface area contributed by atoms with E-state index >= 15 is 0 Å². The summed E-state index contributed by atoms with van der Waals surface area (Å²) in [6.07, 6.45) is 4.46. The van der Waals surface area contributed by atoms with Crippen molar-refractivity contribution in [2.75, 3.05) is 25.5 Å². The van der Waals surface area contributed by atoms with Crippen molar-refractivity contribution in [2.24, 2.45) is 0 Å². The summed E-state index contributed by atoms with van der Waals surface area (Å²) in [5, 5.41) is 7.18. The van der Waals surface area contributed by atoms with Gasteiger partial charge in [0.25, 0.3) is 5.91 Å². The Morgan fingerprint density at radius 2 is 1.80 bits per heavy atom. The number of benzene rings is 2. The Hall–Kier alpha value is -3.08. The summed E-state index contributed by atoms with van der Waals surface area (Å²) in [4.78, 5) is 14.2. The third-order valence-corrected chi connectivity index (χ3v) is 4.05. The molecule has 1 amide bonds. The van der Waals surface area contributed by atoms with Crippen LogP contribution >= 0.6 is 0 Å². The minimum atomic E-state index is -0.0431. The number of rotatable bonds is 6. The van der Waals surface area contributed by atoms with E-state index < -0.39 is 0 Å². The molecular weight excluding hydrogens is 312 g/mol. The van der Waals surface area contributed by atoms with Crippen LogP contribution in [0.1, 0.15) is 15.9 Å². The quantitative estimate of drug-likeness (QED) is 0.754. The second kappa shape index (κ2) is 7.66. The molecule has 5 heteroatoms. The number of nitrogens with one attached hydrogen (secondary N) is 1. The molecule has 128 valence electrons. The van der Waals surface area contributed by atoms with Gasteiger partial charge in [0, 0.05) is 44.3 Å². The first-order valence-corrected chi connectivity index (χ1v) is 8.28. The highest BCUT2D eigenvalue weighted by Crippen LogP contribution is 2.12. The minimum absolute atomic E-state index is 0.0431. The van der Waals surface area contributed by atoms with E-state index in [4.69, 9.17) is 0 Å². The number of nitrogens with zero attached hydrogens (tertiary/aromatic N) is 3. The molecule has 0 saturated heterocycles. The van der Waals surface area contributed by atoms with Crippen LogP contribution in [0, 0.1) is 0 Å². The van der Waals surface area contributed by atoms with Gasteiger partial charge in [-0.1, -0.05) is 12.1 Å². The summed E-state index contributed by atoms with van der Waals surface area (Å²) < 4.78 is 1.82. The van der Waals surface area contributed by atoms with Crippen LogP contribution in [0.25, 0.3) is 5.69 Å². The van der Waals surface area contributed by atoms with Gasteiger partial charge in [0.2, 0.25) is 0 Å². The second-order valence-corrected chi connectivity index (χ2v) is 6.06. The van der Waals surface area contributed by atoms with Gasteiger partial charge in [0.15, 0.2) is 0 Å². The molecule has 25 heavy (non-hydrogen) atoms. The number of carbonyl (C=O) groups excluding carboxylic acids is 1. The SMILES string of the molecule is CN(C)c1ccc(C(=O)NCCc2ccc(-n3cccn3)cc2)cc1. The van der Waals surface area contributed by atoms with E-state index in [9.17, 15) is 4.79 Å². The molecule has 3 rings (SSSR count). The summed E-state index contributed by atoms with van der Waals surface area (Å²) in [6, 6.07) is 17.7. The standard InChI is InChI=1S/C20H22N4O/c1-23(2)18-10-6-17(7-11-18)20(25)21-14-12-16-4-8-19(9-5-16)24-15-3-13-22-24/h3-11,13,15H,12,14H2,1-2H3,(H,21,25). The Kier molecular flexibility index (Phi) is 5.14. The van der Waals surface area contributed by atoms with Crippen LogP contribution in [-0.4, -0.2) is 36.3 Å². The van der Waals surface area contributed by atoms with Crippen molar-refractivity contribution in [3.63, 3.8) is 0 Å². The number of carbonyl (C=O) groups is 1. The second-order valence-electron chi connectivity index (χ2n) is 6.06. The maximum Gasteiger partial charge on any atom is 0.251 e. The van der Waals surface area contributed by atoms with E-state index in [-0.39, 0.29) is 5.91 Å². The first kappa shape index (κ1) is 16.8. The Bertz CT molecular complexity index is 806. The monoisotopic (exact) mass is 334 g/mol. The third kappa shape index (κ3) is 4.26. The molecule has 2 aromatic carbocycles. The van der Waals surface area contributed by atoms with Crippen LogP contribution in [0.4, 0.5) is 5.69 Å². The van der Waals surface area contributed by atoms with Crippen LogP contribution in [0.5, 0.6) is 0 Å². The Morgan fingerprint density at radius 1 is 1.08 bits per heavy atom. The first-order valence-electron chi connectivity index (χ1n) is 8.28. The van der Waals surface area contributed by atoms with E-state index in [1.165, 1.54) is 5.56 Å². The highest BCUT2D eigenvalue weighted by molar-refractivity contribution is 5.94. The highest BCUT2D eigenvalue weighted by Gasteiger charge is 2.05. The molecule has 0 unspecified atom stereocenters. The van der Waals surface area contributed by atoms with Gasteiger partial charge < -0.3 is 10.2 Å². The summed E-state index contributed by atoms with van der Waals surface area (Å²) in [5.41, 5.74) is 3.96. The summed E-state index contributed by atoms with van der Waals surface area (Å²) >= 11 is 0. The Morgan fingerprint density at radius 3 is 2.40 bits per heavy atom. The molecule has 0 bridgehead atoms. The zero-order valence-electron chi connectivity index (χ0n) is 14.5. The molecule has 1 heterocycles. The fraction of sp³-hybridized carbons (Fsp3) is 0.200. The molecule has 0 aliphatic carbocycles. The molecular formula is C20H22N4O. The van der Waals surface area contributed by atoms with Crippen molar-refractivity contribution < 1.29 is 4.79 Å². The number of aromatic nitrogens is 2. The highest BCUT2D eigenvalue weighted by atomic mass is 16.1. The predicted octanol–water partition coefficient (Wildman–Crippen LogP) is 2.91. The Labute approximate surface area is 147 Å². The van der Waals surface area contributed by atoms with Crippen molar-refractivity contribution >= 4 is 11.6 Å². The van der Waals surface area contributed by atoms with Gasteiger partial charge in [-0.3, -0.25) is 4.79 Å². The van der Waals surface area contributed by atoms with Crippen molar-refractivity contribution in [3.05, 3.63) is 78.1 Å². The van der Waals surface area contributed by atoms with Gasteiger partial charge >= 0.3 is 0 Å². The molecule has 0 aliphatic heterocycles. The molecule has 0 spiro atoms. The predicted molar refractivity (Wildman–Crippen MR) is 100 cm³/mol. The molecule has 0 atom stereocenters. The molecule has 5 nitrogen and oxygen atoms in total. The topological polar surface area (TPSA) is 50.2 Å². The zero-order chi connectivity index (χ0) is 17.6. The van der Waals surface area contributed by atoms with Gasteiger partial charge in [-0.05, 0) is 54.4 Å². The van der Waals surface area contributed by atoms with Crippen molar-refractivity contribution in [2.45, 2.75) is 6.42 Å². The average molecular weight is 334 g/mol. The Balaban J connectivity index is 1.51. The largest absolute Gasteiger partial charge is 0.378 e. The molecule has 0 saturated carbocycles. The van der Waals surface area contributed by atoms with Gasteiger partial charge in [-0.15, -0.1) is 0 Å². The van der Waals surface area contributed by atoms with Crippen molar-refractivity contribution in [3.8, 4) is 5.69 Å². The van der Waals surface area contributed by atoms with Crippen molar-refractivity contribution in [1.82, 2.24) is 15.1 Å². The normalized spacial score (nSPS) is 10.5. The van der Waals surface area contributed by atoms with Gasteiger partial charge in [0.05, 0.1) is 5.69 Å². The lowest BCUT2D eigenvalue weighted by Crippen LogP contribution is -2.25. The van der Waals surface area contributed by atoms with Gasteiger partial charge in [-0.25, -0.2) is 4.68 Å². The molecule has 0 fully saturated rings. The van der Waals surface area contributed by atoms with Crippen LogP contribution in [-0.2, 0) is 6.42 Å². The number of hydrogen-bond acceptors (Lipinski definition) is 3. The fourth-order valence-corrected chi connectivity index (χ4v) is 2.57. The van der Waals surface area contributed by atoms with Crippen LogP contribution < -0.4 is 10.2 Å². The molecule has 0 aliphatic rings. The lowest BCUT2D eigenvalue weighted by molar-refractivity contribution is 0.0954. The van der Waals surface area contributed by atoms with E-state index in [0.717, 1.165) is 17.8 Å². The average Bonchev–Trinajstić information content (AvgIpc) is 3.17. The number of anilines is 1. The molecule has 1 N–H and O–H groups in total. The van der Waals surface area contributed by atoms with E-state index in [1.807, 2.05) is 72.3 Å². The van der Waals surface area contributed by atoms with Crippen LogP contribution in [0.2, 0.25) is 0 Å². The van der Waals surface area contributed by atoms with Gasteiger partial charge in [0.1, 0.15) is 0 Å². The van der Waals surface area contributed by atoms with Crippen LogP contribution in [0.3, 0.4) is 0 Å². The lowest BCUT2D eigenvalue weighted by Gasteiger charge is -2.12. The zero-order valence-corrected chi connectivity index (χ0v) is 14.5. The summed E-state index contributed by atoms with van der Waals surface area (Å²) in [7, 11) is 3.96. The van der Waals surface area contributed by atoms with Crippen LogP contribution in [0.15, 0.2) is 67.0 Å². The van der Waals surface area contributed by atoms with E-state index in [0.29, 0.717) is 12.1 Å². The smallest absolute Gasteiger partial charge is 0.251 e. The lowest BCUT2D eigenvalue weighted by atomic mass is 10.1. The fourth-order valence-electron chi connectivity index (χ4n) is 2.57.